The third kappa shape index (κ3) is 6.76. The number of nitrogens with zero attached hydrogens (tertiary/aromatic N) is 4. The van der Waals surface area contributed by atoms with Gasteiger partial charge in [-0.15, -0.1) is 0 Å². The quantitative estimate of drug-likeness (QED) is 0.154. The van der Waals surface area contributed by atoms with Crippen molar-refractivity contribution in [2.75, 3.05) is 0 Å². The second-order valence-electron chi connectivity index (χ2n) is 15.2. The molecular formula is C57H38N4. The van der Waals surface area contributed by atoms with Crippen molar-refractivity contribution >= 4 is 21.8 Å². The van der Waals surface area contributed by atoms with Crippen molar-refractivity contribution in [2.24, 2.45) is 0 Å². The van der Waals surface area contributed by atoms with Gasteiger partial charge in [-0.1, -0.05) is 200 Å². The second-order valence-corrected chi connectivity index (χ2v) is 15.2. The predicted molar refractivity (Wildman–Crippen MR) is 252 cm³/mol. The Hall–Kier alpha value is -8.21. The topological polar surface area (TPSA) is 43.6 Å². The molecule has 0 aliphatic rings. The zero-order valence-corrected chi connectivity index (χ0v) is 33.2. The van der Waals surface area contributed by atoms with Gasteiger partial charge in [-0.3, -0.25) is 4.57 Å². The normalized spacial score (nSPS) is 11.3. The van der Waals surface area contributed by atoms with Gasteiger partial charge in [0.25, 0.3) is 0 Å². The lowest BCUT2D eigenvalue weighted by atomic mass is 9.93. The first-order chi connectivity index (χ1) is 30.2. The summed E-state index contributed by atoms with van der Waals surface area (Å²) < 4.78 is 2.30. The van der Waals surface area contributed by atoms with E-state index >= 15 is 0 Å². The molecule has 0 radical (unpaired) electrons. The van der Waals surface area contributed by atoms with Gasteiger partial charge in [0.05, 0.1) is 11.0 Å². The Kier molecular flexibility index (Phi) is 9.14. The minimum absolute atomic E-state index is 0.545. The zero-order chi connectivity index (χ0) is 40.5. The maximum atomic E-state index is 5.48. The van der Waals surface area contributed by atoms with Crippen molar-refractivity contribution in [1.29, 1.82) is 0 Å². The summed E-state index contributed by atoms with van der Waals surface area (Å²) in [5.74, 6) is 1.74. The molecule has 0 unspecified atom stereocenters. The molecule has 2 aromatic heterocycles. The van der Waals surface area contributed by atoms with Crippen LogP contribution >= 0.6 is 0 Å². The lowest BCUT2D eigenvalue weighted by molar-refractivity contribution is 0.954. The molecule has 0 aliphatic carbocycles. The summed E-state index contributed by atoms with van der Waals surface area (Å²) in [4.78, 5) is 16.1. The summed E-state index contributed by atoms with van der Waals surface area (Å²) in [6, 6.07) is 81.2. The van der Waals surface area contributed by atoms with E-state index in [9.17, 15) is 0 Å². The maximum Gasteiger partial charge on any atom is 0.238 e. The maximum absolute atomic E-state index is 5.48. The molecule has 286 valence electrons. The van der Waals surface area contributed by atoms with Crippen molar-refractivity contribution in [3.63, 3.8) is 0 Å². The standard InChI is InChI=1S/C57H38N4/c1-7-20-39(21-8-1)45-32-19-33-46(34-45)56-58-55(44-30-17-6-18-31-44)59-57(60-56)61-53-49(42-26-13-4-14-27-42)35-47(40-22-9-2-10-23-40)37-51(53)52-38-48(41-24-11-3-12-25-41)36-50(54(52)61)43-28-15-5-16-29-43/h1-38H. The van der Waals surface area contributed by atoms with Gasteiger partial charge in [-0.25, -0.2) is 4.98 Å². The monoisotopic (exact) mass is 778 g/mol. The van der Waals surface area contributed by atoms with Crippen molar-refractivity contribution < 1.29 is 0 Å². The van der Waals surface area contributed by atoms with E-state index in [4.69, 9.17) is 15.0 Å². The van der Waals surface area contributed by atoms with E-state index in [0.29, 0.717) is 17.6 Å². The van der Waals surface area contributed by atoms with E-state index < -0.39 is 0 Å². The molecular weight excluding hydrogens is 741 g/mol. The Morgan fingerprint density at radius 2 is 0.590 bits per heavy atom. The molecule has 11 rings (SSSR count). The Balaban J connectivity index is 1.30. The minimum Gasteiger partial charge on any atom is -0.277 e. The number of rotatable bonds is 8. The van der Waals surface area contributed by atoms with Crippen molar-refractivity contribution in [2.45, 2.75) is 0 Å². The molecule has 0 atom stereocenters. The molecule has 11 aromatic rings. The van der Waals surface area contributed by atoms with Gasteiger partial charge in [0.15, 0.2) is 11.6 Å². The highest BCUT2D eigenvalue weighted by atomic mass is 15.2. The summed E-state index contributed by atoms with van der Waals surface area (Å²) in [6.07, 6.45) is 0. The third-order valence-electron chi connectivity index (χ3n) is 11.4. The average Bonchev–Trinajstić information content (AvgIpc) is 3.69. The molecule has 0 bridgehead atoms. The van der Waals surface area contributed by atoms with E-state index in [-0.39, 0.29) is 0 Å². The smallest absolute Gasteiger partial charge is 0.238 e. The van der Waals surface area contributed by atoms with Gasteiger partial charge < -0.3 is 0 Å². The Labute approximate surface area is 354 Å². The van der Waals surface area contributed by atoms with E-state index in [1.54, 1.807) is 0 Å². The minimum atomic E-state index is 0.545. The van der Waals surface area contributed by atoms with Crippen LogP contribution in [0.1, 0.15) is 0 Å². The predicted octanol–water partition coefficient (Wildman–Crippen LogP) is 14.6. The second kappa shape index (κ2) is 15.5. The fraction of sp³-hybridized carbons (Fsp3) is 0. The van der Waals surface area contributed by atoms with Crippen LogP contribution in [0.15, 0.2) is 231 Å². The molecule has 0 saturated carbocycles. The summed E-state index contributed by atoms with van der Waals surface area (Å²) in [5.41, 5.74) is 15.1. The van der Waals surface area contributed by atoms with Crippen LogP contribution in [0.2, 0.25) is 0 Å². The molecule has 61 heavy (non-hydrogen) atoms. The summed E-state index contributed by atoms with van der Waals surface area (Å²) in [5, 5.41) is 2.22. The molecule has 0 N–H and O–H groups in total. The van der Waals surface area contributed by atoms with Crippen LogP contribution in [-0.4, -0.2) is 19.5 Å². The Morgan fingerprint density at radius 3 is 1.03 bits per heavy atom. The number of benzene rings is 9. The van der Waals surface area contributed by atoms with E-state index in [0.717, 1.165) is 88.6 Å². The van der Waals surface area contributed by atoms with Gasteiger partial charge in [-0.05, 0) is 74.8 Å². The molecule has 0 aliphatic heterocycles. The van der Waals surface area contributed by atoms with Crippen molar-refractivity contribution in [1.82, 2.24) is 19.5 Å². The lowest BCUT2D eigenvalue weighted by Crippen LogP contribution is -2.07. The van der Waals surface area contributed by atoms with Crippen LogP contribution < -0.4 is 0 Å². The first-order valence-corrected chi connectivity index (χ1v) is 20.6. The lowest BCUT2D eigenvalue weighted by Gasteiger charge is -2.16. The van der Waals surface area contributed by atoms with Gasteiger partial charge in [0.2, 0.25) is 5.95 Å². The van der Waals surface area contributed by atoms with E-state index in [1.165, 1.54) is 0 Å². The zero-order valence-electron chi connectivity index (χ0n) is 33.2. The molecule has 4 nitrogen and oxygen atoms in total. The highest BCUT2D eigenvalue weighted by Gasteiger charge is 2.25. The molecule has 0 fully saturated rings. The third-order valence-corrected chi connectivity index (χ3v) is 11.4. The van der Waals surface area contributed by atoms with Crippen LogP contribution in [0.25, 0.3) is 106 Å². The average molecular weight is 779 g/mol. The Bertz CT molecular complexity index is 3170. The fourth-order valence-electron chi connectivity index (χ4n) is 8.52. The molecule has 9 aromatic carbocycles. The van der Waals surface area contributed by atoms with E-state index in [2.05, 4.69) is 211 Å². The molecule has 0 spiro atoms. The molecule has 0 saturated heterocycles. The van der Waals surface area contributed by atoms with Crippen molar-refractivity contribution in [3.8, 4) is 84.4 Å². The van der Waals surface area contributed by atoms with Crippen LogP contribution in [-0.2, 0) is 0 Å². The fourth-order valence-corrected chi connectivity index (χ4v) is 8.52. The van der Waals surface area contributed by atoms with Crippen LogP contribution in [0, 0.1) is 0 Å². The van der Waals surface area contributed by atoms with Gasteiger partial charge >= 0.3 is 0 Å². The SMILES string of the molecule is c1ccc(-c2cccc(-c3nc(-c4ccccc4)nc(-n4c5c(-c6ccccc6)cc(-c6ccccc6)cc5c5cc(-c6ccccc6)cc(-c6ccccc6)c54)n3)c2)cc1. The first-order valence-electron chi connectivity index (χ1n) is 20.6. The van der Waals surface area contributed by atoms with Crippen LogP contribution in [0.5, 0.6) is 0 Å². The summed E-state index contributed by atoms with van der Waals surface area (Å²) >= 11 is 0. The summed E-state index contributed by atoms with van der Waals surface area (Å²) in [7, 11) is 0. The van der Waals surface area contributed by atoms with Crippen LogP contribution in [0.3, 0.4) is 0 Å². The van der Waals surface area contributed by atoms with Gasteiger partial charge in [0, 0.05) is 33.0 Å². The van der Waals surface area contributed by atoms with Gasteiger partial charge in [-0.2, -0.15) is 9.97 Å². The van der Waals surface area contributed by atoms with Gasteiger partial charge in [0.1, 0.15) is 0 Å². The molecule has 2 heterocycles. The largest absolute Gasteiger partial charge is 0.277 e. The Morgan fingerprint density at radius 1 is 0.246 bits per heavy atom. The van der Waals surface area contributed by atoms with E-state index in [1.807, 2.05) is 24.3 Å². The highest BCUT2D eigenvalue weighted by Crippen LogP contribution is 2.45. The number of fused-ring (bicyclic) bond motifs is 3. The molecule has 4 heteroatoms. The van der Waals surface area contributed by atoms with Crippen LogP contribution in [0.4, 0.5) is 0 Å². The number of hydrogen-bond donors (Lipinski definition) is 0. The highest BCUT2D eigenvalue weighted by molar-refractivity contribution is 6.19. The summed E-state index contributed by atoms with van der Waals surface area (Å²) in [6.45, 7) is 0. The van der Waals surface area contributed by atoms with Crippen molar-refractivity contribution in [3.05, 3.63) is 231 Å². The number of aromatic nitrogens is 4. The molecule has 0 amide bonds. The first kappa shape index (κ1) is 35.9. The number of hydrogen-bond acceptors (Lipinski definition) is 3.